The van der Waals surface area contributed by atoms with Crippen molar-refractivity contribution in [3.8, 4) is 11.4 Å². The molecule has 0 atom stereocenters. The molecule has 0 bridgehead atoms. The van der Waals surface area contributed by atoms with Crippen LogP contribution in [0.3, 0.4) is 0 Å². The largest absolute Gasteiger partial charge is 0.489 e. The van der Waals surface area contributed by atoms with Gasteiger partial charge >= 0.3 is 5.97 Å². The van der Waals surface area contributed by atoms with Gasteiger partial charge in [-0.15, -0.1) is 10.2 Å². The second-order valence-electron chi connectivity index (χ2n) is 6.22. The summed E-state index contributed by atoms with van der Waals surface area (Å²) in [5, 5.41) is 9.25. The smallest absolute Gasteiger partial charge is 0.306 e. The molecule has 7 nitrogen and oxygen atoms in total. The number of benzene rings is 2. The zero-order valence-corrected chi connectivity index (χ0v) is 17.1. The Bertz CT molecular complexity index is 913. The number of carbonyl (C=O) groups excluding carboxylic acids is 1. The molecular weight excluding hydrogens is 388 g/mol. The summed E-state index contributed by atoms with van der Waals surface area (Å²) >= 11 is 1.46. The van der Waals surface area contributed by atoms with Gasteiger partial charge in [0.15, 0.2) is 5.16 Å². The fourth-order valence-electron chi connectivity index (χ4n) is 2.70. The number of nitrogens with zero attached hydrogens (tertiary/aromatic N) is 3. The monoisotopic (exact) mass is 412 g/mol. The first-order valence-corrected chi connectivity index (χ1v) is 10.3. The topological polar surface area (TPSA) is 92.3 Å². The van der Waals surface area contributed by atoms with Crippen LogP contribution in [0.1, 0.15) is 17.8 Å². The predicted octanol–water partition coefficient (Wildman–Crippen LogP) is 3.00. The van der Waals surface area contributed by atoms with Crippen LogP contribution in [0.2, 0.25) is 0 Å². The Morgan fingerprint density at radius 3 is 2.55 bits per heavy atom. The van der Waals surface area contributed by atoms with Crippen LogP contribution in [0.4, 0.5) is 0 Å². The average Bonchev–Trinajstić information content (AvgIpc) is 3.16. The number of nitrogens with two attached hydrogens (primary N) is 1. The summed E-state index contributed by atoms with van der Waals surface area (Å²) in [4.78, 5) is 11.4. The zero-order valence-electron chi connectivity index (χ0n) is 16.3. The molecule has 3 aromatic rings. The molecule has 0 aliphatic heterocycles. The number of methoxy groups -OCH3 is 1. The molecule has 29 heavy (non-hydrogen) atoms. The molecule has 0 unspecified atom stereocenters. The van der Waals surface area contributed by atoms with E-state index in [0.29, 0.717) is 31.7 Å². The summed E-state index contributed by atoms with van der Waals surface area (Å²) in [6, 6.07) is 17.8. The van der Waals surface area contributed by atoms with Crippen molar-refractivity contribution in [3.63, 3.8) is 0 Å². The fourth-order valence-corrected chi connectivity index (χ4v) is 3.59. The Morgan fingerprint density at radius 2 is 1.86 bits per heavy atom. The van der Waals surface area contributed by atoms with Crippen molar-refractivity contribution in [2.45, 2.75) is 24.6 Å². The van der Waals surface area contributed by atoms with Crippen LogP contribution >= 0.6 is 11.8 Å². The minimum Gasteiger partial charge on any atom is -0.489 e. The van der Waals surface area contributed by atoms with E-state index in [-0.39, 0.29) is 5.97 Å². The summed E-state index contributed by atoms with van der Waals surface area (Å²) in [6.45, 7) is 0.989. The highest BCUT2D eigenvalue weighted by molar-refractivity contribution is 7.99. The van der Waals surface area contributed by atoms with Gasteiger partial charge in [-0.3, -0.25) is 9.36 Å². The molecule has 0 saturated carbocycles. The summed E-state index contributed by atoms with van der Waals surface area (Å²) in [5.41, 5.74) is 7.76. The fraction of sp³-hybridized carbons (Fsp3) is 0.286. The minimum absolute atomic E-state index is 0.245. The van der Waals surface area contributed by atoms with Crippen LogP contribution in [0, 0.1) is 0 Å². The lowest BCUT2D eigenvalue weighted by Gasteiger charge is -2.11. The normalized spacial score (nSPS) is 10.7. The third-order valence-corrected chi connectivity index (χ3v) is 5.11. The molecular formula is C21H24N4O3S. The van der Waals surface area contributed by atoms with Gasteiger partial charge in [-0.2, -0.15) is 0 Å². The van der Waals surface area contributed by atoms with E-state index >= 15 is 0 Å². The molecule has 0 saturated heterocycles. The Hall–Kier alpha value is -2.84. The molecule has 0 radical (unpaired) electrons. The standard InChI is InChI=1S/C21H24N4O3S/c1-27-20(26)12-14-29-21-24-23-19(11-13-22)25(21)17-7-9-18(10-8-17)28-15-16-5-3-2-4-6-16/h2-10H,11-15,22H2,1H3. The molecule has 2 aromatic carbocycles. The quantitative estimate of drug-likeness (QED) is 0.404. The summed E-state index contributed by atoms with van der Waals surface area (Å²) in [5.74, 6) is 1.88. The number of ether oxygens (including phenoxy) is 2. The van der Waals surface area contributed by atoms with Gasteiger partial charge in [0.25, 0.3) is 0 Å². The summed E-state index contributed by atoms with van der Waals surface area (Å²) in [7, 11) is 1.39. The lowest BCUT2D eigenvalue weighted by atomic mass is 10.2. The Balaban J connectivity index is 1.72. The second-order valence-corrected chi connectivity index (χ2v) is 7.28. The van der Waals surface area contributed by atoms with E-state index in [1.54, 1.807) is 0 Å². The van der Waals surface area contributed by atoms with E-state index in [4.69, 9.17) is 10.5 Å². The first-order valence-electron chi connectivity index (χ1n) is 9.32. The van der Waals surface area contributed by atoms with Gasteiger partial charge in [0.05, 0.1) is 13.5 Å². The van der Waals surface area contributed by atoms with Crippen LogP contribution in [0.15, 0.2) is 59.8 Å². The second kappa shape index (κ2) is 10.6. The van der Waals surface area contributed by atoms with Crippen molar-refractivity contribution in [1.82, 2.24) is 14.8 Å². The highest BCUT2D eigenvalue weighted by Crippen LogP contribution is 2.25. The summed E-state index contributed by atoms with van der Waals surface area (Å²) in [6.07, 6.45) is 0.920. The number of aromatic nitrogens is 3. The molecule has 0 amide bonds. The van der Waals surface area contributed by atoms with E-state index in [2.05, 4.69) is 14.9 Å². The molecule has 0 aliphatic carbocycles. The maximum absolute atomic E-state index is 11.4. The Labute approximate surface area is 174 Å². The highest BCUT2D eigenvalue weighted by Gasteiger charge is 2.15. The highest BCUT2D eigenvalue weighted by atomic mass is 32.2. The van der Waals surface area contributed by atoms with Gasteiger partial charge in [-0.25, -0.2) is 0 Å². The number of hydrogen-bond donors (Lipinski definition) is 1. The molecule has 0 spiro atoms. The average molecular weight is 413 g/mol. The number of esters is 1. The summed E-state index contributed by atoms with van der Waals surface area (Å²) < 4.78 is 12.5. The molecule has 1 heterocycles. The van der Waals surface area contributed by atoms with Crippen LogP contribution in [-0.4, -0.2) is 40.1 Å². The van der Waals surface area contributed by atoms with Gasteiger partial charge in [-0.1, -0.05) is 42.1 Å². The lowest BCUT2D eigenvalue weighted by molar-refractivity contribution is -0.140. The van der Waals surface area contributed by atoms with E-state index in [1.807, 2.05) is 59.2 Å². The van der Waals surface area contributed by atoms with Crippen molar-refractivity contribution in [2.75, 3.05) is 19.4 Å². The van der Waals surface area contributed by atoms with Crippen molar-refractivity contribution in [3.05, 3.63) is 66.0 Å². The van der Waals surface area contributed by atoms with Crippen molar-refractivity contribution >= 4 is 17.7 Å². The van der Waals surface area contributed by atoms with Crippen molar-refractivity contribution in [2.24, 2.45) is 5.73 Å². The molecule has 0 aliphatic rings. The number of carbonyl (C=O) groups is 1. The Kier molecular flexibility index (Phi) is 7.66. The van der Waals surface area contributed by atoms with Crippen LogP contribution in [0.5, 0.6) is 5.75 Å². The van der Waals surface area contributed by atoms with E-state index in [0.717, 1.165) is 28.0 Å². The van der Waals surface area contributed by atoms with E-state index in [9.17, 15) is 4.79 Å². The third-order valence-electron chi connectivity index (χ3n) is 4.18. The SMILES string of the molecule is COC(=O)CCSc1nnc(CCN)n1-c1ccc(OCc2ccccc2)cc1. The van der Waals surface area contributed by atoms with Crippen LogP contribution in [-0.2, 0) is 22.6 Å². The number of thioether (sulfide) groups is 1. The molecule has 1 aromatic heterocycles. The molecule has 2 N–H and O–H groups in total. The maximum atomic E-state index is 11.4. The van der Waals surface area contributed by atoms with E-state index in [1.165, 1.54) is 18.9 Å². The van der Waals surface area contributed by atoms with Crippen molar-refractivity contribution in [1.29, 1.82) is 0 Å². The minimum atomic E-state index is -0.245. The Morgan fingerprint density at radius 1 is 1.10 bits per heavy atom. The van der Waals surface area contributed by atoms with Crippen LogP contribution in [0.25, 0.3) is 5.69 Å². The van der Waals surface area contributed by atoms with Gasteiger partial charge < -0.3 is 15.2 Å². The lowest BCUT2D eigenvalue weighted by Crippen LogP contribution is -2.10. The predicted molar refractivity (Wildman–Crippen MR) is 112 cm³/mol. The molecule has 8 heteroatoms. The molecule has 152 valence electrons. The number of hydrogen-bond acceptors (Lipinski definition) is 7. The molecule has 3 rings (SSSR count). The van der Waals surface area contributed by atoms with Crippen molar-refractivity contribution < 1.29 is 14.3 Å². The zero-order chi connectivity index (χ0) is 20.5. The third kappa shape index (κ3) is 5.82. The van der Waals surface area contributed by atoms with Gasteiger partial charge in [0.1, 0.15) is 18.2 Å². The van der Waals surface area contributed by atoms with E-state index < -0.39 is 0 Å². The first-order chi connectivity index (χ1) is 14.2. The van der Waals surface area contributed by atoms with Gasteiger partial charge in [0, 0.05) is 17.9 Å². The first kappa shape index (κ1) is 20.9. The van der Waals surface area contributed by atoms with Gasteiger partial charge in [-0.05, 0) is 36.4 Å². The van der Waals surface area contributed by atoms with Crippen LogP contribution < -0.4 is 10.5 Å². The number of rotatable bonds is 10. The molecule has 0 fully saturated rings. The maximum Gasteiger partial charge on any atom is 0.306 e. The van der Waals surface area contributed by atoms with Gasteiger partial charge in [0.2, 0.25) is 0 Å².